The first-order chi connectivity index (χ1) is 12.7. The number of nitrogens with zero attached hydrogens (tertiary/aromatic N) is 2. The Morgan fingerprint density at radius 1 is 1.00 bits per heavy atom. The summed E-state index contributed by atoms with van der Waals surface area (Å²) in [6, 6.07) is 15.7. The van der Waals surface area contributed by atoms with E-state index >= 15 is 0 Å². The quantitative estimate of drug-likeness (QED) is 0.721. The van der Waals surface area contributed by atoms with Crippen LogP contribution in [0.3, 0.4) is 0 Å². The van der Waals surface area contributed by atoms with E-state index in [1.54, 1.807) is 31.4 Å². The lowest BCUT2D eigenvalue weighted by Crippen LogP contribution is -2.39. The third-order valence-electron chi connectivity index (χ3n) is 5.10. The molecular formula is C21H22N2O3. The summed E-state index contributed by atoms with van der Waals surface area (Å²) >= 11 is 0. The number of carbonyl (C=O) groups excluding carboxylic acids is 2. The fraction of sp³-hybridized carbons (Fsp3) is 0.333. The maximum Gasteiger partial charge on any atom is 0.261 e. The Bertz CT molecular complexity index is 792. The number of hydrogen-bond acceptors (Lipinski definition) is 4. The van der Waals surface area contributed by atoms with Crippen molar-refractivity contribution in [2.75, 3.05) is 20.2 Å². The molecule has 2 amide bonds. The van der Waals surface area contributed by atoms with Crippen molar-refractivity contribution in [2.24, 2.45) is 0 Å². The van der Waals surface area contributed by atoms with E-state index in [1.807, 2.05) is 12.1 Å². The van der Waals surface area contributed by atoms with Gasteiger partial charge in [-0.2, -0.15) is 0 Å². The lowest BCUT2D eigenvalue weighted by molar-refractivity contribution is 0.0632. The molecule has 0 saturated heterocycles. The van der Waals surface area contributed by atoms with Gasteiger partial charge in [0.25, 0.3) is 11.8 Å². The number of carbonyl (C=O) groups is 2. The zero-order chi connectivity index (χ0) is 18.1. The minimum atomic E-state index is -0.175. The van der Waals surface area contributed by atoms with Crippen LogP contribution in [-0.2, 0) is 6.54 Å². The highest BCUT2D eigenvalue weighted by atomic mass is 16.5. The molecule has 1 aliphatic heterocycles. The summed E-state index contributed by atoms with van der Waals surface area (Å²) in [5.74, 6) is 0.495. The van der Waals surface area contributed by atoms with Gasteiger partial charge in [0.1, 0.15) is 5.75 Å². The van der Waals surface area contributed by atoms with Crippen LogP contribution in [0.15, 0.2) is 48.5 Å². The average molecular weight is 350 g/mol. The predicted octanol–water partition coefficient (Wildman–Crippen LogP) is 2.96. The lowest BCUT2D eigenvalue weighted by Gasteiger charge is -2.24. The molecule has 5 nitrogen and oxygen atoms in total. The van der Waals surface area contributed by atoms with E-state index < -0.39 is 0 Å². The zero-order valence-electron chi connectivity index (χ0n) is 14.9. The van der Waals surface area contributed by atoms with Crippen LogP contribution in [0, 0.1) is 0 Å². The van der Waals surface area contributed by atoms with Crippen molar-refractivity contribution < 1.29 is 14.3 Å². The summed E-state index contributed by atoms with van der Waals surface area (Å²) in [4.78, 5) is 28.8. The van der Waals surface area contributed by atoms with Crippen molar-refractivity contribution in [1.29, 1.82) is 0 Å². The Kier molecular flexibility index (Phi) is 4.47. The number of rotatable bonds is 7. The molecule has 0 radical (unpaired) electrons. The van der Waals surface area contributed by atoms with Crippen LogP contribution in [0.25, 0.3) is 0 Å². The van der Waals surface area contributed by atoms with E-state index in [0.717, 1.165) is 12.3 Å². The summed E-state index contributed by atoms with van der Waals surface area (Å²) < 4.78 is 5.21. The first-order valence-corrected chi connectivity index (χ1v) is 8.99. The van der Waals surface area contributed by atoms with Crippen molar-refractivity contribution in [2.45, 2.75) is 25.4 Å². The highest BCUT2D eigenvalue weighted by Crippen LogP contribution is 2.29. The second kappa shape index (κ2) is 6.92. The van der Waals surface area contributed by atoms with Gasteiger partial charge in [0.2, 0.25) is 0 Å². The molecule has 26 heavy (non-hydrogen) atoms. The standard InChI is InChI=1S/C21H22N2O3/c1-26-17-10-6-15(7-11-17)14-22(16-8-9-16)12-13-23-20(24)18-4-2-3-5-19(18)21(23)25/h2-7,10-11,16H,8-9,12-14H2,1H3. The first kappa shape index (κ1) is 16.8. The smallest absolute Gasteiger partial charge is 0.261 e. The van der Waals surface area contributed by atoms with E-state index in [0.29, 0.717) is 30.3 Å². The molecule has 4 rings (SSSR count). The van der Waals surface area contributed by atoms with E-state index in [4.69, 9.17) is 4.74 Å². The van der Waals surface area contributed by atoms with Gasteiger partial charge >= 0.3 is 0 Å². The molecule has 134 valence electrons. The third-order valence-corrected chi connectivity index (χ3v) is 5.10. The van der Waals surface area contributed by atoms with Crippen LogP contribution in [-0.4, -0.2) is 47.9 Å². The molecule has 1 saturated carbocycles. The van der Waals surface area contributed by atoms with E-state index in [2.05, 4.69) is 17.0 Å². The Morgan fingerprint density at radius 2 is 1.62 bits per heavy atom. The Balaban J connectivity index is 1.42. The molecule has 2 aromatic rings. The normalized spacial score (nSPS) is 16.3. The maximum atomic E-state index is 12.5. The summed E-state index contributed by atoms with van der Waals surface area (Å²) in [7, 11) is 1.66. The van der Waals surface area contributed by atoms with E-state index in [9.17, 15) is 9.59 Å². The maximum absolute atomic E-state index is 12.5. The van der Waals surface area contributed by atoms with Gasteiger partial charge < -0.3 is 4.74 Å². The summed E-state index contributed by atoms with van der Waals surface area (Å²) in [5, 5.41) is 0. The Hall–Kier alpha value is -2.66. The number of methoxy groups -OCH3 is 1. The van der Waals surface area contributed by atoms with Gasteiger partial charge in [0.15, 0.2) is 0 Å². The number of hydrogen-bond donors (Lipinski definition) is 0. The topological polar surface area (TPSA) is 49.9 Å². The first-order valence-electron chi connectivity index (χ1n) is 8.99. The van der Waals surface area contributed by atoms with Gasteiger partial charge in [-0.1, -0.05) is 24.3 Å². The average Bonchev–Trinajstić information content (AvgIpc) is 3.49. The van der Waals surface area contributed by atoms with Crippen molar-refractivity contribution in [3.05, 3.63) is 65.2 Å². The van der Waals surface area contributed by atoms with Crippen molar-refractivity contribution >= 4 is 11.8 Å². The van der Waals surface area contributed by atoms with Gasteiger partial charge in [-0.05, 0) is 42.7 Å². The Labute approximate surface area is 153 Å². The molecule has 0 N–H and O–H groups in total. The van der Waals surface area contributed by atoms with Crippen LogP contribution in [0.5, 0.6) is 5.75 Å². The number of imide groups is 1. The molecule has 1 aliphatic carbocycles. The van der Waals surface area contributed by atoms with Crippen LogP contribution in [0.1, 0.15) is 39.1 Å². The molecule has 1 heterocycles. The highest BCUT2D eigenvalue weighted by molar-refractivity contribution is 6.21. The van der Waals surface area contributed by atoms with Crippen LogP contribution < -0.4 is 4.74 Å². The second-order valence-corrected chi connectivity index (χ2v) is 6.86. The number of benzene rings is 2. The minimum Gasteiger partial charge on any atom is -0.497 e. The molecule has 0 unspecified atom stereocenters. The summed E-state index contributed by atoms with van der Waals surface area (Å²) in [6.07, 6.45) is 2.36. The van der Waals surface area contributed by atoms with E-state index in [-0.39, 0.29) is 11.8 Å². The number of fused-ring (bicyclic) bond motifs is 1. The zero-order valence-corrected chi connectivity index (χ0v) is 14.9. The predicted molar refractivity (Wildman–Crippen MR) is 98.2 cm³/mol. The molecule has 5 heteroatoms. The molecule has 0 bridgehead atoms. The molecule has 2 aliphatic rings. The molecule has 0 spiro atoms. The Morgan fingerprint density at radius 3 is 2.15 bits per heavy atom. The molecule has 1 fully saturated rings. The highest BCUT2D eigenvalue weighted by Gasteiger charge is 2.36. The third kappa shape index (κ3) is 3.22. The molecule has 0 atom stereocenters. The monoisotopic (exact) mass is 350 g/mol. The van der Waals surface area contributed by atoms with Crippen molar-refractivity contribution in [3.8, 4) is 5.75 Å². The molecular weight excluding hydrogens is 328 g/mol. The SMILES string of the molecule is COc1ccc(CN(CCN2C(=O)c3ccccc3C2=O)C2CC2)cc1. The van der Waals surface area contributed by atoms with Crippen LogP contribution in [0.4, 0.5) is 0 Å². The summed E-state index contributed by atoms with van der Waals surface area (Å²) in [5.41, 5.74) is 2.25. The van der Waals surface area contributed by atoms with Crippen LogP contribution in [0.2, 0.25) is 0 Å². The second-order valence-electron chi connectivity index (χ2n) is 6.86. The van der Waals surface area contributed by atoms with Crippen molar-refractivity contribution in [3.63, 3.8) is 0 Å². The lowest BCUT2D eigenvalue weighted by atomic mass is 10.1. The summed E-state index contributed by atoms with van der Waals surface area (Å²) in [6.45, 7) is 1.94. The van der Waals surface area contributed by atoms with E-state index in [1.165, 1.54) is 23.3 Å². The fourth-order valence-electron chi connectivity index (χ4n) is 3.47. The van der Waals surface area contributed by atoms with Gasteiger partial charge in [0, 0.05) is 25.7 Å². The van der Waals surface area contributed by atoms with Gasteiger partial charge in [0.05, 0.1) is 18.2 Å². The molecule has 0 aromatic heterocycles. The minimum absolute atomic E-state index is 0.175. The largest absolute Gasteiger partial charge is 0.497 e. The van der Waals surface area contributed by atoms with Crippen LogP contribution >= 0.6 is 0 Å². The van der Waals surface area contributed by atoms with Gasteiger partial charge in [-0.25, -0.2) is 0 Å². The van der Waals surface area contributed by atoms with Gasteiger partial charge in [-0.3, -0.25) is 19.4 Å². The fourth-order valence-corrected chi connectivity index (χ4v) is 3.47. The van der Waals surface area contributed by atoms with Gasteiger partial charge in [-0.15, -0.1) is 0 Å². The van der Waals surface area contributed by atoms with Crippen molar-refractivity contribution in [1.82, 2.24) is 9.80 Å². The number of amides is 2. The number of ether oxygens (including phenoxy) is 1. The molecule has 2 aromatic carbocycles.